The average Bonchev–Trinajstić information content (AvgIpc) is 3.34. The first-order chi connectivity index (χ1) is 15.8. The molecule has 0 unspecified atom stereocenters. The van der Waals surface area contributed by atoms with Gasteiger partial charge in [0.1, 0.15) is 15.8 Å². The van der Waals surface area contributed by atoms with E-state index in [-0.39, 0.29) is 81.2 Å². The first kappa shape index (κ1) is 29.6. The van der Waals surface area contributed by atoms with Gasteiger partial charge in [-0.05, 0) is 31.2 Å². The molecule has 4 aromatic rings. The number of fused-ring (bicyclic) bond motifs is 1. The molecule has 0 aliphatic carbocycles. The molecule has 2 aromatic heterocycles. The maximum absolute atomic E-state index is 11.8. The van der Waals surface area contributed by atoms with E-state index < -0.39 is 15.0 Å². The number of hydrogen-bond acceptors (Lipinski definition) is 10. The van der Waals surface area contributed by atoms with Crippen LogP contribution in [0.5, 0.6) is 0 Å². The maximum atomic E-state index is 11.8. The van der Waals surface area contributed by atoms with E-state index in [2.05, 4.69) is 34.5 Å². The third kappa shape index (κ3) is 6.41. The maximum Gasteiger partial charge on any atom is 1.00 e. The van der Waals surface area contributed by atoms with Crippen molar-refractivity contribution in [2.75, 3.05) is 0 Å². The SMILES string of the molecule is [C-]#[N+]c1cnn(-c2cc(SOO[O-])ccc2S(=O)(=O)[O-])c1N=Nc1c(C)[nH]c2ccccc12.[Na+].[Na+]. The fourth-order valence-corrected chi connectivity index (χ4v) is 4.18. The predicted molar refractivity (Wildman–Crippen MR) is 113 cm³/mol. The number of H-pyrrole nitrogens is 1. The van der Waals surface area contributed by atoms with Crippen molar-refractivity contribution in [1.29, 1.82) is 0 Å². The monoisotopic (exact) mass is 530 g/mol. The van der Waals surface area contributed by atoms with Crippen LogP contribution in [0.2, 0.25) is 0 Å². The zero-order valence-corrected chi connectivity index (χ0v) is 24.3. The molecular formula is C19H12N6Na2O6S2. The predicted octanol–water partition coefficient (Wildman–Crippen LogP) is -2.23. The van der Waals surface area contributed by atoms with E-state index in [1.54, 1.807) is 0 Å². The van der Waals surface area contributed by atoms with E-state index in [4.69, 9.17) is 6.57 Å². The quantitative estimate of drug-likeness (QED) is 0.0534. The molecule has 168 valence electrons. The molecule has 4 rings (SSSR count). The number of azo groups is 1. The van der Waals surface area contributed by atoms with Gasteiger partial charge >= 0.3 is 59.1 Å². The number of benzene rings is 2. The first-order valence-electron chi connectivity index (χ1n) is 9.01. The van der Waals surface area contributed by atoms with Crippen molar-refractivity contribution in [3.8, 4) is 5.69 Å². The zero-order chi connectivity index (χ0) is 23.6. The molecule has 16 heteroatoms. The molecule has 1 N–H and O–H groups in total. The molecule has 0 aliphatic heterocycles. The molecule has 0 radical (unpaired) electrons. The van der Waals surface area contributed by atoms with Crippen molar-refractivity contribution >= 4 is 50.3 Å². The van der Waals surface area contributed by atoms with E-state index >= 15 is 0 Å². The molecule has 0 fully saturated rings. The number of nitrogens with zero attached hydrogens (tertiary/aromatic N) is 5. The van der Waals surface area contributed by atoms with Crippen LogP contribution in [0.4, 0.5) is 17.2 Å². The summed E-state index contributed by atoms with van der Waals surface area (Å²) < 4.78 is 40.8. The number of aromatic nitrogens is 3. The summed E-state index contributed by atoms with van der Waals surface area (Å²) in [5.41, 5.74) is 1.86. The smallest absolute Gasteiger partial charge is 0.744 e. The van der Waals surface area contributed by atoms with Crippen molar-refractivity contribution in [2.24, 2.45) is 10.2 Å². The molecule has 2 heterocycles. The Morgan fingerprint density at radius 3 is 2.63 bits per heavy atom. The fraction of sp³-hybridized carbons (Fsp3) is 0.0526. The van der Waals surface area contributed by atoms with Gasteiger partial charge in [0.05, 0.1) is 35.4 Å². The molecule has 35 heavy (non-hydrogen) atoms. The Bertz CT molecular complexity index is 1530. The van der Waals surface area contributed by atoms with E-state index in [9.17, 15) is 18.2 Å². The van der Waals surface area contributed by atoms with Crippen LogP contribution in [0.15, 0.2) is 68.7 Å². The number of hydrogen-bond donors (Lipinski definition) is 1. The van der Waals surface area contributed by atoms with E-state index in [1.807, 2.05) is 31.2 Å². The number of rotatable bonds is 7. The van der Waals surface area contributed by atoms with Gasteiger partial charge in [0.15, 0.2) is 5.82 Å². The van der Waals surface area contributed by atoms with E-state index in [0.29, 0.717) is 17.7 Å². The second kappa shape index (κ2) is 12.6. The van der Waals surface area contributed by atoms with Crippen LogP contribution in [0.1, 0.15) is 5.69 Å². The standard InChI is InChI=1S/C19H14N6O6S2.2Na/c1-11-18(13-5-3-4-6-14(13)22-11)23-24-19-15(20-2)10-21-25(19)16-9-12(32-31-30-26)7-8-17(16)33(27,28)29;;/h3-10,22,26H,1H3,(H,27,28,29);;/q;2*+1/p-2. The van der Waals surface area contributed by atoms with Crippen LogP contribution in [0.25, 0.3) is 21.4 Å². The summed E-state index contributed by atoms with van der Waals surface area (Å²) in [6.07, 6.45) is 1.17. The minimum Gasteiger partial charge on any atom is -0.744 e. The van der Waals surface area contributed by atoms with Crippen LogP contribution in [-0.2, 0) is 19.5 Å². The first-order valence-corrected chi connectivity index (χ1v) is 11.2. The third-order valence-corrected chi connectivity index (χ3v) is 5.99. The number of para-hydroxylation sites is 1. The van der Waals surface area contributed by atoms with Gasteiger partial charge in [0.25, 0.3) is 5.69 Å². The van der Waals surface area contributed by atoms with Crippen molar-refractivity contribution < 1.29 is 86.7 Å². The van der Waals surface area contributed by atoms with Crippen molar-refractivity contribution in [3.63, 3.8) is 0 Å². The molecule has 0 amide bonds. The summed E-state index contributed by atoms with van der Waals surface area (Å²) in [6, 6.07) is 10.9. The van der Waals surface area contributed by atoms with Crippen molar-refractivity contribution in [2.45, 2.75) is 16.7 Å². The van der Waals surface area contributed by atoms with Crippen LogP contribution in [0, 0.1) is 13.5 Å². The second-order valence-corrected chi connectivity index (χ2v) is 8.65. The van der Waals surface area contributed by atoms with Gasteiger partial charge in [0, 0.05) is 21.5 Å². The molecule has 0 spiro atoms. The summed E-state index contributed by atoms with van der Waals surface area (Å²) in [5.74, 6) is -0.0947. The van der Waals surface area contributed by atoms with Gasteiger partial charge in [-0.1, -0.05) is 18.2 Å². The largest absolute Gasteiger partial charge is 1.00 e. The second-order valence-electron chi connectivity index (χ2n) is 6.52. The summed E-state index contributed by atoms with van der Waals surface area (Å²) in [6.45, 7) is 9.21. The third-order valence-electron chi connectivity index (χ3n) is 4.54. The molecule has 0 aliphatic rings. The molecule has 0 bridgehead atoms. The van der Waals surface area contributed by atoms with Gasteiger partial charge in [-0.25, -0.2) is 17.9 Å². The average molecular weight is 530 g/mol. The number of nitrogens with one attached hydrogen (secondary N) is 1. The van der Waals surface area contributed by atoms with E-state index in [0.717, 1.165) is 27.3 Å². The Balaban J connectivity index is 0.00000216. The molecule has 0 saturated heterocycles. The summed E-state index contributed by atoms with van der Waals surface area (Å²) in [4.78, 5) is 6.14. The molecule has 0 atom stereocenters. The van der Waals surface area contributed by atoms with Gasteiger partial charge in [-0.15, -0.1) is 10.2 Å². The summed E-state index contributed by atoms with van der Waals surface area (Å²) in [7, 11) is -4.94. The summed E-state index contributed by atoms with van der Waals surface area (Å²) in [5, 5.41) is 26.7. The minimum absolute atomic E-state index is 0. The van der Waals surface area contributed by atoms with Crippen LogP contribution < -0.4 is 64.4 Å². The molecule has 0 saturated carbocycles. The van der Waals surface area contributed by atoms with Gasteiger partial charge in [-0.3, -0.25) is 5.04 Å². The minimum atomic E-state index is -4.94. The van der Waals surface area contributed by atoms with Crippen LogP contribution in [0.3, 0.4) is 0 Å². The Morgan fingerprint density at radius 2 is 1.94 bits per heavy atom. The fourth-order valence-electron chi connectivity index (χ4n) is 3.15. The Morgan fingerprint density at radius 1 is 1.20 bits per heavy atom. The van der Waals surface area contributed by atoms with E-state index in [1.165, 1.54) is 18.3 Å². The Hall–Kier alpha value is -1.58. The zero-order valence-electron chi connectivity index (χ0n) is 18.6. The Kier molecular flexibility index (Phi) is 10.7. The van der Waals surface area contributed by atoms with Crippen molar-refractivity contribution in [1.82, 2.24) is 14.8 Å². The van der Waals surface area contributed by atoms with Gasteiger partial charge in [-0.2, -0.15) is 9.43 Å². The molecule has 12 nitrogen and oxygen atoms in total. The Labute approximate surface area is 247 Å². The van der Waals surface area contributed by atoms with Crippen LogP contribution in [-0.4, -0.2) is 27.7 Å². The van der Waals surface area contributed by atoms with Gasteiger partial charge in [0.2, 0.25) is 0 Å². The molecule has 2 aromatic carbocycles. The van der Waals surface area contributed by atoms with Crippen molar-refractivity contribution in [3.05, 3.63) is 65.8 Å². The van der Waals surface area contributed by atoms with Crippen LogP contribution >= 0.6 is 12.0 Å². The molecular weight excluding hydrogens is 518 g/mol. The number of aryl methyl sites for hydroxylation is 1. The normalized spacial score (nSPS) is 11.3. The summed E-state index contributed by atoms with van der Waals surface area (Å²) >= 11 is 0.490. The number of aromatic amines is 1. The van der Waals surface area contributed by atoms with Gasteiger partial charge < -0.3 is 14.8 Å². The topological polar surface area (TPSA) is 161 Å².